The van der Waals surface area contributed by atoms with Gasteiger partial charge in [0.25, 0.3) is 0 Å². The van der Waals surface area contributed by atoms with Crippen molar-refractivity contribution >= 4 is 23.8 Å². The van der Waals surface area contributed by atoms with Gasteiger partial charge < -0.3 is 19.3 Å². The summed E-state index contributed by atoms with van der Waals surface area (Å²) < 4.78 is 15.8. The van der Waals surface area contributed by atoms with Gasteiger partial charge in [-0.15, -0.1) is 0 Å². The van der Waals surface area contributed by atoms with Crippen LogP contribution in [0.1, 0.15) is 47.3 Å². The molecule has 0 bridgehead atoms. The number of methoxy groups -OCH3 is 3. The van der Waals surface area contributed by atoms with Crippen LogP contribution < -0.4 is 14.8 Å². The SMILES string of the molecule is CCCCN1C(=O)C2C(c3cc(OC)cc(OC)c3C(=O)OC)NC(C(=O)O)(c3ccccc3)C2C1=O. The summed E-state index contributed by atoms with van der Waals surface area (Å²) in [6.45, 7) is 2.12. The number of carboxylic acid groups (broad SMARTS) is 1. The van der Waals surface area contributed by atoms with E-state index in [9.17, 15) is 24.3 Å². The molecule has 0 radical (unpaired) electrons. The molecular weight excluding hydrogens is 480 g/mol. The summed E-state index contributed by atoms with van der Waals surface area (Å²) in [7, 11) is 4.02. The Kier molecular flexibility index (Phi) is 7.22. The zero-order valence-electron chi connectivity index (χ0n) is 21.1. The number of likely N-dealkylation sites (tertiary alicyclic amines) is 1. The molecule has 2 fully saturated rings. The fourth-order valence-electron chi connectivity index (χ4n) is 5.51. The highest BCUT2D eigenvalue weighted by Gasteiger charge is 2.69. The zero-order chi connectivity index (χ0) is 26.9. The number of ether oxygens (including phenoxy) is 3. The molecule has 0 aromatic heterocycles. The second-order valence-corrected chi connectivity index (χ2v) is 9.07. The topological polar surface area (TPSA) is 131 Å². The molecule has 2 aliphatic rings. The van der Waals surface area contributed by atoms with Crippen molar-refractivity contribution in [3.8, 4) is 11.5 Å². The van der Waals surface area contributed by atoms with Crippen LogP contribution in [0.4, 0.5) is 0 Å². The molecule has 2 aliphatic heterocycles. The number of nitrogens with one attached hydrogen (secondary N) is 1. The number of esters is 1. The summed E-state index contributed by atoms with van der Waals surface area (Å²) in [5.41, 5.74) is -1.33. The number of hydrogen-bond donors (Lipinski definition) is 2. The van der Waals surface area contributed by atoms with Crippen molar-refractivity contribution in [3.63, 3.8) is 0 Å². The molecule has 0 saturated carbocycles. The van der Waals surface area contributed by atoms with Crippen molar-refractivity contribution in [2.45, 2.75) is 31.3 Å². The molecule has 2 aromatic carbocycles. The summed E-state index contributed by atoms with van der Waals surface area (Å²) in [5.74, 6) is -4.97. The first-order valence-corrected chi connectivity index (χ1v) is 12.0. The lowest BCUT2D eigenvalue weighted by Crippen LogP contribution is -2.53. The summed E-state index contributed by atoms with van der Waals surface area (Å²) >= 11 is 0. The first-order chi connectivity index (χ1) is 17.8. The largest absolute Gasteiger partial charge is 0.497 e. The fourth-order valence-corrected chi connectivity index (χ4v) is 5.51. The Balaban J connectivity index is 2.00. The van der Waals surface area contributed by atoms with Gasteiger partial charge >= 0.3 is 11.9 Å². The normalized spacial score (nSPS) is 24.6. The predicted molar refractivity (Wildman–Crippen MR) is 131 cm³/mol. The molecule has 0 aliphatic carbocycles. The van der Waals surface area contributed by atoms with Crippen LogP contribution in [0.2, 0.25) is 0 Å². The van der Waals surface area contributed by atoms with E-state index in [0.717, 1.165) is 11.3 Å². The smallest absolute Gasteiger partial charge is 0.341 e. The number of nitrogens with zero attached hydrogens (tertiary/aromatic N) is 1. The van der Waals surface area contributed by atoms with Gasteiger partial charge in [-0.1, -0.05) is 43.7 Å². The van der Waals surface area contributed by atoms with Gasteiger partial charge in [0.05, 0.1) is 33.2 Å². The molecule has 10 heteroatoms. The molecule has 0 spiro atoms. The third-order valence-electron chi connectivity index (χ3n) is 7.24. The first kappa shape index (κ1) is 26.2. The van der Waals surface area contributed by atoms with E-state index < -0.39 is 47.2 Å². The molecular formula is C27H30N2O8. The van der Waals surface area contributed by atoms with Crippen molar-refractivity contribution in [1.29, 1.82) is 0 Å². The Hall–Kier alpha value is -3.92. The Morgan fingerprint density at radius 3 is 2.32 bits per heavy atom. The van der Waals surface area contributed by atoms with E-state index in [4.69, 9.17) is 14.2 Å². The number of unbranched alkanes of at least 4 members (excludes halogenated alkanes) is 1. The molecule has 10 nitrogen and oxygen atoms in total. The summed E-state index contributed by atoms with van der Waals surface area (Å²) in [6.07, 6.45) is 1.33. The van der Waals surface area contributed by atoms with Crippen LogP contribution in [-0.4, -0.2) is 61.6 Å². The Labute approximate surface area is 214 Å². The van der Waals surface area contributed by atoms with Crippen LogP contribution >= 0.6 is 0 Å². The number of fused-ring (bicyclic) bond motifs is 1. The molecule has 2 saturated heterocycles. The highest BCUT2D eigenvalue weighted by atomic mass is 16.5. The van der Waals surface area contributed by atoms with Gasteiger partial charge in [-0.2, -0.15) is 0 Å². The maximum atomic E-state index is 13.8. The second kappa shape index (κ2) is 10.2. The van der Waals surface area contributed by atoms with E-state index >= 15 is 0 Å². The van der Waals surface area contributed by atoms with Crippen molar-refractivity contribution in [3.05, 3.63) is 59.2 Å². The van der Waals surface area contributed by atoms with E-state index in [1.54, 1.807) is 36.4 Å². The van der Waals surface area contributed by atoms with Crippen LogP contribution in [-0.2, 0) is 24.7 Å². The van der Waals surface area contributed by atoms with Crippen LogP contribution in [0, 0.1) is 11.8 Å². The Morgan fingerprint density at radius 2 is 1.76 bits per heavy atom. The molecule has 2 heterocycles. The van der Waals surface area contributed by atoms with Gasteiger partial charge in [0.2, 0.25) is 11.8 Å². The lowest BCUT2D eigenvalue weighted by atomic mass is 9.75. The number of benzene rings is 2. The van der Waals surface area contributed by atoms with Crippen LogP contribution in [0.5, 0.6) is 11.5 Å². The number of carbonyl (C=O) groups excluding carboxylic acids is 3. The lowest BCUT2D eigenvalue weighted by molar-refractivity contribution is -0.152. The fraction of sp³-hybridized carbons (Fsp3) is 0.407. The molecule has 2 aromatic rings. The van der Waals surface area contributed by atoms with Crippen LogP contribution in [0.3, 0.4) is 0 Å². The number of carboxylic acids is 1. The molecule has 4 rings (SSSR count). The molecule has 4 atom stereocenters. The van der Waals surface area contributed by atoms with Crippen molar-refractivity contribution < 1.29 is 38.5 Å². The lowest BCUT2D eigenvalue weighted by Gasteiger charge is -2.32. The molecule has 37 heavy (non-hydrogen) atoms. The Bertz CT molecular complexity index is 1230. The van der Waals surface area contributed by atoms with E-state index in [0.29, 0.717) is 17.7 Å². The number of rotatable bonds is 9. The molecule has 2 N–H and O–H groups in total. The minimum absolute atomic E-state index is 0.0172. The number of carbonyl (C=O) groups is 4. The van der Waals surface area contributed by atoms with Crippen molar-refractivity contribution in [2.75, 3.05) is 27.9 Å². The third-order valence-corrected chi connectivity index (χ3v) is 7.24. The minimum atomic E-state index is -1.92. The highest BCUT2D eigenvalue weighted by molar-refractivity contribution is 6.10. The van der Waals surface area contributed by atoms with Gasteiger partial charge in [-0.05, 0) is 23.6 Å². The minimum Gasteiger partial charge on any atom is -0.497 e. The summed E-state index contributed by atoms with van der Waals surface area (Å²) in [6, 6.07) is 10.3. The summed E-state index contributed by atoms with van der Waals surface area (Å²) in [5, 5.41) is 13.7. The van der Waals surface area contributed by atoms with Crippen molar-refractivity contribution in [1.82, 2.24) is 10.2 Å². The maximum Gasteiger partial charge on any atom is 0.341 e. The van der Waals surface area contributed by atoms with E-state index in [-0.39, 0.29) is 23.4 Å². The van der Waals surface area contributed by atoms with E-state index in [1.165, 1.54) is 27.4 Å². The zero-order valence-corrected chi connectivity index (χ0v) is 21.1. The van der Waals surface area contributed by atoms with Gasteiger partial charge in [-0.3, -0.25) is 19.8 Å². The number of aliphatic carboxylic acids is 1. The van der Waals surface area contributed by atoms with Crippen LogP contribution in [0.15, 0.2) is 42.5 Å². The van der Waals surface area contributed by atoms with E-state index in [2.05, 4.69) is 5.32 Å². The summed E-state index contributed by atoms with van der Waals surface area (Å²) in [4.78, 5) is 54.7. The molecule has 196 valence electrons. The van der Waals surface area contributed by atoms with Gasteiger partial charge in [0, 0.05) is 18.7 Å². The highest BCUT2D eigenvalue weighted by Crippen LogP contribution is 2.54. The average molecular weight is 511 g/mol. The van der Waals surface area contributed by atoms with Gasteiger partial charge in [-0.25, -0.2) is 9.59 Å². The van der Waals surface area contributed by atoms with Gasteiger partial charge in [0.1, 0.15) is 17.1 Å². The second-order valence-electron chi connectivity index (χ2n) is 9.07. The van der Waals surface area contributed by atoms with Gasteiger partial charge in [0.15, 0.2) is 5.54 Å². The molecule has 4 unspecified atom stereocenters. The number of amides is 2. The number of hydrogen-bond acceptors (Lipinski definition) is 8. The third kappa shape index (κ3) is 4.01. The van der Waals surface area contributed by atoms with E-state index in [1.807, 2.05) is 6.92 Å². The monoisotopic (exact) mass is 510 g/mol. The van der Waals surface area contributed by atoms with Crippen LogP contribution in [0.25, 0.3) is 0 Å². The Morgan fingerprint density at radius 1 is 1.05 bits per heavy atom. The first-order valence-electron chi connectivity index (χ1n) is 12.0. The number of imide groups is 1. The standard InChI is InChI=1S/C27H30N2O8/c1-5-6-12-29-23(30)20-21(24(29)31)27(26(33)34,15-10-8-7-9-11-15)28-22(20)17-13-16(35-2)14-18(36-3)19(17)25(32)37-4/h7-11,13-14,20-22,28H,5-6,12H2,1-4H3,(H,33,34). The predicted octanol–water partition coefficient (Wildman–Crippen LogP) is 2.52. The molecule has 2 amide bonds. The van der Waals surface area contributed by atoms with Crippen molar-refractivity contribution in [2.24, 2.45) is 11.8 Å². The quantitative estimate of drug-likeness (QED) is 0.386. The maximum absolute atomic E-state index is 13.8. The average Bonchev–Trinajstić information content (AvgIpc) is 3.40.